The van der Waals surface area contributed by atoms with Gasteiger partial charge in [-0.2, -0.15) is 0 Å². The average Bonchev–Trinajstić information content (AvgIpc) is 2.96. The minimum absolute atomic E-state index is 0.00300. The fourth-order valence-corrected chi connectivity index (χ4v) is 4.83. The topological polar surface area (TPSA) is 297 Å². The summed E-state index contributed by atoms with van der Waals surface area (Å²) in [5.74, 6) is -5.93. The summed E-state index contributed by atoms with van der Waals surface area (Å²) in [4.78, 5) is 46.2. The Bertz CT molecular complexity index is 1190. The van der Waals surface area contributed by atoms with Crippen LogP contribution in [0.3, 0.4) is 0 Å². The van der Waals surface area contributed by atoms with E-state index in [4.69, 9.17) is 18.9 Å². The van der Waals surface area contributed by atoms with E-state index < -0.39 is 109 Å². The summed E-state index contributed by atoms with van der Waals surface area (Å²) in [6, 6.07) is 1.83. The lowest BCUT2D eigenvalue weighted by Gasteiger charge is -2.47. The summed E-state index contributed by atoms with van der Waals surface area (Å²) >= 11 is 0. The molecule has 0 radical (unpaired) electrons. The summed E-state index contributed by atoms with van der Waals surface area (Å²) in [7, 11) is 0. The van der Waals surface area contributed by atoms with Crippen LogP contribution in [0, 0.1) is 10.1 Å². The number of carboxylic acids is 1. The molecule has 246 valence electrons. The Balaban J connectivity index is 1.86. The Kier molecular flexibility index (Phi) is 11.5. The standard InChI is InChI=1S/C25H35N3O16/c1-10(30)26-17-14(32)7-25(24(37)38,44-22(17)19(34)15(33)8-29)41-9-16-20(35)21(36)18(27-11(2)31)23(43-16)42-13-5-3-12(4-6-13)28(39)40/h3-6,14-23,29,32-36H,7-9H2,1-2H3,(H,26,30)(H,27,31)(H,37,38)/t14-,15-,16?,17-,18+,19-,20+,21?,22?,23+,25-/m1/s1. The Hall–Kier alpha value is -3.53. The normalized spacial score (nSPS) is 33.5. The predicted molar refractivity (Wildman–Crippen MR) is 141 cm³/mol. The number of hydrogen-bond acceptors (Lipinski definition) is 15. The smallest absolute Gasteiger partial charge is 0.364 e. The largest absolute Gasteiger partial charge is 0.477 e. The molecule has 2 saturated heterocycles. The number of nitro benzene ring substituents is 1. The molecule has 1 aromatic carbocycles. The van der Waals surface area contributed by atoms with E-state index in [0.29, 0.717) is 0 Å². The van der Waals surface area contributed by atoms with Crippen LogP contribution in [0.2, 0.25) is 0 Å². The van der Waals surface area contributed by atoms with Gasteiger partial charge in [0.15, 0.2) is 0 Å². The molecule has 2 heterocycles. The number of rotatable bonds is 12. The molecule has 0 aliphatic carbocycles. The van der Waals surface area contributed by atoms with E-state index in [-0.39, 0.29) is 11.4 Å². The van der Waals surface area contributed by atoms with Gasteiger partial charge in [-0.25, -0.2) is 4.79 Å². The summed E-state index contributed by atoms with van der Waals surface area (Å²) in [6.45, 7) is 0.341. The van der Waals surface area contributed by atoms with Crippen molar-refractivity contribution in [3.63, 3.8) is 0 Å². The summed E-state index contributed by atoms with van der Waals surface area (Å²) in [6.07, 6.45) is -15.0. The second kappa shape index (κ2) is 14.5. The number of nitro groups is 1. The summed E-state index contributed by atoms with van der Waals surface area (Å²) in [5.41, 5.74) is -0.258. The molecule has 2 fully saturated rings. The van der Waals surface area contributed by atoms with Crippen molar-refractivity contribution >= 4 is 23.5 Å². The third kappa shape index (κ3) is 7.94. The van der Waals surface area contributed by atoms with Crippen molar-refractivity contribution in [2.75, 3.05) is 13.2 Å². The number of carbonyl (C=O) groups excluding carboxylic acids is 2. The van der Waals surface area contributed by atoms with Crippen LogP contribution in [0.15, 0.2) is 24.3 Å². The lowest BCUT2D eigenvalue weighted by molar-refractivity contribution is -0.384. The molecule has 2 amide bonds. The van der Waals surface area contributed by atoms with E-state index in [2.05, 4.69) is 10.6 Å². The number of amides is 2. The first-order chi connectivity index (χ1) is 20.6. The first-order valence-electron chi connectivity index (χ1n) is 13.3. The molecule has 1 aromatic rings. The number of nitrogens with zero attached hydrogens (tertiary/aromatic N) is 1. The summed E-state index contributed by atoms with van der Waals surface area (Å²) < 4.78 is 22.4. The van der Waals surface area contributed by atoms with Crippen molar-refractivity contribution in [1.82, 2.24) is 10.6 Å². The highest BCUT2D eigenvalue weighted by Gasteiger charge is 2.57. The fourth-order valence-electron chi connectivity index (χ4n) is 4.83. The molecule has 0 saturated carbocycles. The molecule has 2 aliphatic rings. The van der Waals surface area contributed by atoms with Crippen LogP contribution in [0.4, 0.5) is 5.69 Å². The van der Waals surface area contributed by atoms with Crippen LogP contribution < -0.4 is 15.4 Å². The zero-order valence-corrected chi connectivity index (χ0v) is 23.5. The predicted octanol–water partition coefficient (Wildman–Crippen LogP) is -3.91. The van der Waals surface area contributed by atoms with Crippen LogP contribution in [-0.4, -0.2) is 139 Å². The molecule has 0 bridgehead atoms. The minimum atomic E-state index is -2.77. The third-order valence-electron chi connectivity index (χ3n) is 7.04. The Morgan fingerprint density at radius 3 is 2.18 bits per heavy atom. The van der Waals surface area contributed by atoms with Crippen LogP contribution in [-0.2, 0) is 28.6 Å². The van der Waals surface area contributed by atoms with E-state index in [1.807, 2.05) is 0 Å². The Morgan fingerprint density at radius 1 is 1.07 bits per heavy atom. The summed E-state index contributed by atoms with van der Waals surface area (Å²) in [5, 5.41) is 87.8. The molecule has 0 spiro atoms. The van der Waals surface area contributed by atoms with E-state index in [9.17, 15) is 60.2 Å². The molecule has 0 aromatic heterocycles. The van der Waals surface area contributed by atoms with Crippen molar-refractivity contribution in [3.8, 4) is 5.75 Å². The lowest BCUT2D eigenvalue weighted by atomic mass is 9.88. The molecule has 2 aliphatic heterocycles. The number of aliphatic hydroxyl groups is 6. The van der Waals surface area contributed by atoms with Crippen molar-refractivity contribution < 1.29 is 74.0 Å². The van der Waals surface area contributed by atoms with Crippen molar-refractivity contribution in [2.45, 2.75) is 87.2 Å². The second-order valence-electron chi connectivity index (χ2n) is 10.3. The van der Waals surface area contributed by atoms with Gasteiger partial charge >= 0.3 is 5.97 Å². The highest BCUT2D eigenvalue weighted by atomic mass is 16.7. The number of hydrogen-bond donors (Lipinski definition) is 9. The number of carbonyl (C=O) groups is 3. The molecular weight excluding hydrogens is 598 g/mol. The van der Waals surface area contributed by atoms with Crippen LogP contribution in [0.1, 0.15) is 20.3 Å². The van der Waals surface area contributed by atoms with E-state index in [0.717, 1.165) is 26.0 Å². The van der Waals surface area contributed by atoms with Gasteiger partial charge in [0.25, 0.3) is 11.5 Å². The highest BCUT2D eigenvalue weighted by molar-refractivity contribution is 5.76. The SMILES string of the molecule is CC(=O)N[C@H]1C(O)[C@@H](O)C(CO[C@]2(C(=O)O)C[C@@H](O)[C@@H](NC(C)=O)C([C@H](O)[C@H](O)CO)O2)O[C@@H]1Oc1ccc([N+](=O)[O-])cc1. The quantitative estimate of drug-likeness (QED) is 0.0784. The van der Waals surface area contributed by atoms with Crippen LogP contribution in [0.5, 0.6) is 5.75 Å². The average molecular weight is 634 g/mol. The zero-order chi connectivity index (χ0) is 32.9. The van der Waals surface area contributed by atoms with Crippen molar-refractivity contribution in [2.24, 2.45) is 0 Å². The molecule has 19 nitrogen and oxygen atoms in total. The number of benzene rings is 1. The first-order valence-corrected chi connectivity index (χ1v) is 13.3. The molecular formula is C25H35N3O16. The van der Waals surface area contributed by atoms with E-state index in [1.165, 1.54) is 12.1 Å². The van der Waals surface area contributed by atoms with Gasteiger partial charge < -0.3 is 65.3 Å². The van der Waals surface area contributed by atoms with Gasteiger partial charge in [0.1, 0.15) is 48.4 Å². The van der Waals surface area contributed by atoms with Gasteiger partial charge in [-0.05, 0) is 12.1 Å². The second-order valence-corrected chi connectivity index (χ2v) is 10.3. The van der Waals surface area contributed by atoms with Crippen molar-refractivity contribution in [1.29, 1.82) is 0 Å². The highest BCUT2D eigenvalue weighted by Crippen LogP contribution is 2.35. The maximum Gasteiger partial charge on any atom is 0.364 e. The van der Waals surface area contributed by atoms with E-state index in [1.54, 1.807) is 0 Å². The maximum absolute atomic E-state index is 12.4. The molecule has 11 atom stereocenters. The number of ether oxygens (including phenoxy) is 4. The number of non-ortho nitro benzene ring substituents is 1. The minimum Gasteiger partial charge on any atom is -0.477 e. The third-order valence-corrected chi connectivity index (χ3v) is 7.04. The number of aliphatic carboxylic acids is 1. The zero-order valence-electron chi connectivity index (χ0n) is 23.5. The van der Waals surface area contributed by atoms with Crippen LogP contribution in [0.25, 0.3) is 0 Å². The van der Waals surface area contributed by atoms with Crippen LogP contribution >= 0.6 is 0 Å². The first kappa shape index (κ1) is 35.0. The van der Waals surface area contributed by atoms with Gasteiger partial charge in [0.2, 0.25) is 18.1 Å². The van der Waals surface area contributed by atoms with Gasteiger partial charge in [0.05, 0.1) is 30.3 Å². The van der Waals surface area contributed by atoms with Crippen molar-refractivity contribution in [3.05, 3.63) is 34.4 Å². The van der Waals surface area contributed by atoms with Gasteiger partial charge in [-0.3, -0.25) is 19.7 Å². The number of carboxylic acid groups (broad SMARTS) is 1. The molecule has 9 N–H and O–H groups in total. The molecule has 3 rings (SSSR count). The molecule has 19 heteroatoms. The monoisotopic (exact) mass is 633 g/mol. The number of aliphatic hydroxyl groups excluding tert-OH is 6. The lowest BCUT2D eigenvalue weighted by Crippen LogP contribution is -2.69. The Morgan fingerprint density at radius 2 is 1.66 bits per heavy atom. The maximum atomic E-state index is 12.4. The molecule has 3 unspecified atom stereocenters. The van der Waals surface area contributed by atoms with Gasteiger partial charge in [0, 0.05) is 32.4 Å². The Labute approximate surface area is 249 Å². The van der Waals surface area contributed by atoms with Gasteiger partial charge in [-0.15, -0.1) is 0 Å². The van der Waals surface area contributed by atoms with E-state index >= 15 is 0 Å². The number of nitrogens with one attached hydrogen (secondary N) is 2. The fraction of sp³-hybridized carbons (Fsp3) is 0.640. The van der Waals surface area contributed by atoms with Gasteiger partial charge in [-0.1, -0.05) is 0 Å². The molecule has 44 heavy (non-hydrogen) atoms.